The van der Waals surface area contributed by atoms with E-state index in [0.717, 1.165) is 0 Å². The van der Waals surface area contributed by atoms with Gasteiger partial charge in [-0.15, -0.1) is 0 Å². The first kappa shape index (κ1) is 19.9. The fourth-order valence-corrected chi connectivity index (χ4v) is 3.89. The van der Waals surface area contributed by atoms with Crippen molar-refractivity contribution in [2.75, 3.05) is 11.9 Å². The topological polar surface area (TPSA) is 111 Å². The highest BCUT2D eigenvalue weighted by atomic mass is 32.2. The number of aromatic nitrogens is 1. The van der Waals surface area contributed by atoms with Crippen molar-refractivity contribution in [3.8, 4) is 5.75 Å². The predicted octanol–water partition coefficient (Wildman–Crippen LogP) is 2.30. The third kappa shape index (κ3) is 4.61. The molecule has 2 rings (SSSR count). The minimum absolute atomic E-state index is 0.107. The van der Waals surface area contributed by atoms with E-state index in [4.69, 9.17) is 9.26 Å². The second-order valence-electron chi connectivity index (χ2n) is 5.97. The number of rotatable bonds is 7. The van der Waals surface area contributed by atoms with E-state index in [-0.39, 0.29) is 10.7 Å². The van der Waals surface area contributed by atoms with Crippen molar-refractivity contribution in [1.82, 2.24) is 9.88 Å². The molecule has 0 aliphatic heterocycles. The van der Waals surface area contributed by atoms with Gasteiger partial charge in [0.25, 0.3) is 0 Å². The molecule has 0 aliphatic carbocycles. The summed E-state index contributed by atoms with van der Waals surface area (Å²) in [6.45, 7) is 8.94. The molecule has 1 atom stereocenters. The molecule has 1 aromatic heterocycles. The number of sulfonamides is 1. The van der Waals surface area contributed by atoms with Gasteiger partial charge in [-0.05, 0) is 57.9 Å². The lowest BCUT2D eigenvalue weighted by atomic mass is 10.1. The van der Waals surface area contributed by atoms with E-state index < -0.39 is 22.0 Å². The van der Waals surface area contributed by atoms with Crippen LogP contribution in [0.1, 0.15) is 30.7 Å². The lowest BCUT2D eigenvalue weighted by molar-refractivity contribution is -0.117. The number of nitrogens with one attached hydrogen (secondary N) is 2. The maximum atomic E-state index is 12.7. The Bertz CT molecular complexity index is 905. The second kappa shape index (κ2) is 7.88. The number of ether oxygens (including phenoxy) is 1. The third-order valence-electron chi connectivity index (χ3n) is 3.67. The van der Waals surface area contributed by atoms with Crippen LogP contribution in [-0.2, 0) is 14.8 Å². The number of carbonyl (C=O) groups is 1. The summed E-state index contributed by atoms with van der Waals surface area (Å²) in [6, 6.07) is 3.76. The molecule has 142 valence electrons. The molecule has 0 saturated carbocycles. The Morgan fingerprint density at radius 1 is 1.23 bits per heavy atom. The molecule has 8 nitrogen and oxygen atoms in total. The molecule has 1 aromatic carbocycles. The number of carbonyl (C=O) groups excluding carboxylic acids is 1. The number of anilines is 1. The lowest BCUT2D eigenvalue weighted by Crippen LogP contribution is -2.41. The Morgan fingerprint density at radius 3 is 2.50 bits per heavy atom. The molecule has 1 heterocycles. The van der Waals surface area contributed by atoms with Crippen LogP contribution in [0, 0.1) is 20.8 Å². The summed E-state index contributed by atoms with van der Waals surface area (Å²) in [5, 5.41) is 6.15. The summed E-state index contributed by atoms with van der Waals surface area (Å²) in [5.74, 6) is 0.860. The van der Waals surface area contributed by atoms with Crippen molar-refractivity contribution >= 4 is 21.7 Å². The highest BCUT2D eigenvalue weighted by molar-refractivity contribution is 7.89. The van der Waals surface area contributed by atoms with Gasteiger partial charge in [-0.25, -0.2) is 8.42 Å². The van der Waals surface area contributed by atoms with E-state index in [0.29, 0.717) is 29.2 Å². The molecule has 1 amide bonds. The molecular formula is C17H23N3O5S. The van der Waals surface area contributed by atoms with E-state index in [2.05, 4.69) is 15.2 Å². The summed E-state index contributed by atoms with van der Waals surface area (Å²) in [5.41, 5.74) is 1.24. The fraction of sp³-hybridized carbons (Fsp3) is 0.412. The van der Waals surface area contributed by atoms with E-state index in [1.807, 2.05) is 6.92 Å². The number of amides is 1. The SMILES string of the molecule is CCOc1cc(C)c(S(=O)(=O)N[C@@H](C)C(=O)Nc2cc(C)on2)cc1C. The van der Waals surface area contributed by atoms with E-state index >= 15 is 0 Å². The number of hydrogen-bond donors (Lipinski definition) is 2. The normalized spacial score (nSPS) is 12.7. The Labute approximate surface area is 153 Å². The number of benzene rings is 1. The van der Waals surface area contributed by atoms with Crippen molar-refractivity contribution in [3.63, 3.8) is 0 Å². The van der Waals surface area contributed by atoms with Crippen molar-refractivity contribution in [2.45, 2.75) is 45.6 Å². The van der Waals surface area contributed by atoms with E-state index in [9.17, 15) is 13.2 Å². The average molecular weight is 381 g/mol. The molecule has 0 saturated heterocycles. The fourth-order valence-electron chi connectivity index (χ4n) is 2.37. The van der Waals surface area contributed by atoms with Gasteiger partial charge in [0.2, 0.25) is 15.9 Å². The monoisotopic (exact) mass is 381 g/mol. The first-order chi connectivity index (χ1) is 12.1. The van der Waals surface area contributed by atoms with Gasteiger partial charge in [0, 0.05) is 6.07 Å². The Hall–Kier alpha value is -2.39. The van der Waals surface area contributed by atoms with Crippen LogP contribution in [0.2, 0.25) is 0 Å². The quantitative estimate of drug-likeness (QED) is 0.761. The third-order valence-corrected chi connectivity index (χ3v) is 5.35. The van der Waals surface area contributed by atoms with Crippen LogP contribution in [0.5, 0.6) is 5.75 Å². The molecule has 9 heteroatoms. The number of aryl methyl sites for hydroxylation is 3. The van der Waals surface area contributed by atoms with E-state index in [1.54, 1.807) is 32.9 Å². The van der Waals surface area contributed by atoms with Gasteiger partial charge in [0.15, 0.2) is 5.82 Å². The van der Waals surface area contributed by atoms with Crippen LogP contribution >= 0.6 is 0 Å². The number of nitrogens with zero attached hydrogens (tertiary/aromatic N) is 1. The molecule has 26 heavy (non-hydrogen) atoms. The van der Waals surface area contributed by atoms with Gasteiger partial charge in [0.1, 0.15) is 11.5 Å². The van der Waals surface area contributed by atoms with Crippen LogP contribution in [0.25, 0.3) is 0 Å². The maximum Gasteiger partial charge on any atom is 0.243 e. The zero-order valence-corrected chi connectivity index (χ0v) is 16.2. The van der Waals surface area contributed by atoms with Crippen LogP contribution in [0.3, 0.4) is 0 Å². The molecule has 0 radical (unpaired) electrons. The van der Waals surface area contributed by atoms with Gasteiger partial charge in [-0.2, -0.15) is 4.72 Å². The molecule has 0 unspecified atom stereocenters. The minimum Gasteiger partial charge on any atom is -0.494 e. The van der Waals surface area contributed by atoms with Gasteiger partial charge in [-0.3, -0.25) is 4.79 Å². The molecule has 2 aromatic rings. The van der Waals surface area contributed by atoms with Gasteiger partial charge < -0.3 is 14.6 Å². The summed E-state index contributed by atoms with van der Waals surface area (Å²) in [4.78, 5) is 12.3. The maximum absolute atomic E-state index is 12.7. The molecule has 2 N–H and O–H groups in total. The molecule has 0 spiro atoms. The van der Waals surface area contributed by atoms with Gasteiger partial charge in [0.05, 0.1) is 17.5 Å². The first-order valence-corrected chi connectivity index (χ1v) is 9.63. The Balaban J connectivity index is 2.17. The van der Waals surface area contributed by atoms with Crippen LogP contribution in [0.15, 0.2) is 27.6 Å². The summed E-state index contributed by atoms with van der Waals surface area (Å²) in [7, 11) is -3.89. The predicted molar refractivity (Wildman–Crippen MR) is 96.7 cm³/mol. The van der Waals surface area contributed by atoms with E-state index in [1.165, 1.54) is 13.0 Å². The Kier molecular flexibility index (Phi) is 6.04. The Morgan fingerprint density at radius 2 is 1.92 bits per heavy atom. The molecular weight excluding hydrogens is 358 g/mol. The zero-order chi connectivity index (χ0) is 19.5. The van der Waals surface area contributed by atoms with Gasteiger partial charge >= 0.3 is 0 Å². The molecule has 0 bridgehead atoms. The molecule has 0 aliphatic rings. The summed E-state index contributed by atoms with van der Waals surface area (Å²) >= 11 is 0. The van der Waals surface area contributed by atoms with Crippen LogP contribution < -0.4 is 14.8 Å². The second-order valence-corrected chi connectivity index (χ2v) is 7.65. The van der Waals surface area contributed by atoms with Crippen LogP contribution in [-0.4, -0.2) is 32.1 Å². The van der Waals surface area contributed by atoms with Crippen molar-refractivity contribution < 1.29 is 22.5 Å². The minimum atomic E-state index is -3.89. The summed E-state index contributed by atoms with van der Waals surface area (Å²) in [6.07, 6.45) is 0. The van der Waals surface area contributed by atoms with Crippen molar-refractivity contribution in [3.05, 3.63) is 35.1 Å². The largest absolute Gasteiger partial charge is 0.494 e. The van der Waals surface area contributed by atoms with Crippen LogP contribution in [0.4, 0.5) is 5.82 Å². The first-order valence-electron chi connectivity index (χ1n) is 8.14. The highest BCUT2D eigenvalue weighted by Gasteiger charge is 2.25. The summed E-state index contributed by atoms with van der Waals surface area (Å²) < 4.78 is 38.1. The highest BCUT2D eigenvalue weighted by Crippen LogP contribution is 2.26. The number of hydrogen-bond acceptors (Lipinski definition) is 6. The molecule has 0 fully saturated rings. The lowest BCUT2D eigenvalue weighted by Gasteiger charge is -2.16. The zero-order valence-electron chi connectivity index (χ0n) is 15.4. The van der Waals surface area contributed by atoms with Gasteiger partial charge in [-0.1, -0.05) is 5.16 Å². The smallest absolute Gasteiger partial charge is 0.243 e. The van der Waals surface area contributed by atoms with Crippen molar-refractivity contribution in [1.29, 1.82) is 0 Å². The standard InChI is InChI=1S/C17H23N3O5S/c1-6-24-14-7-11(3)15(8-10(14)2)26(22,23)20-13(5)17(21)18-16-9-12(4)25-19-16/h7-9,13,20H,6H2,1-5H3,(H,18,19,21)/t13-/m0/s1. The average Bonchev–Trinajstić information content (AvgIpc) is 2.95. The van der Waals surface area contributed by atoms with Crippen molar-refractivity contribution in [2.24, 2.45) is 0 Å².